The molecule has 1 heterocycles. The van der Waals surface area contributed by atoms with Crippen LogP contribution in [0.1, 0.15) is 35.1 Å². The summed E-state index contributed by atoms with van der Waals surface area (Å²) in [6.45, 7) is 2.15. The largest absolute Gasteiger partial charge is 0.323 e. The maximum atomic E-state index is 6.38. The zero-order valence-corrected chi connectivity index (χ0v) is 11.3. The molecular formula is C12H16BrNS. The van der Waals surface area contributed by atoms with E-state index in [0.29, 0.717) is 0 Å². The number of hydrogen-bond donors (Lipinski definition) is 1. The molecule has 0 spiro atoms. The van der Waals surface area contributed by atoms with Crippen molar-refractivity contribution in [3.63, 3.8) is 0 Å². The lowest BCUT2D eigenvalue weighted by molar-refractivity contribution is 0.407. The number of aryl methyl sites for hydroxylation is 1. The van der Waals surface area contributed by atoms with Gasteiger partial charge in [0.15, 0.2) is 0 Å². The summed E-state index contributed by atoms with van der Waals surface area (Å²) in [5.41, 5.74) is 6.38. The highest BCUT2D eigenvalue weighted by molar-refractivity contribution is 9.10. The highest BCUT2D eigenvalue weighted by Crippen LogP contribution is 2.57. The predicted octanol–water partition coefficient (Wildman–Crippen LogP) is 3.86. The van der Waals surface area contributed by atoms with E-state index < -0.39 is 0 Å². The first-order valence-electron chi connectivity index (χ1n) is 5.66. The molecule has 0 bridgehead atoms. The third kappa shape index (κ3) is 1.79. The number of halogens is 1. The molecule has 15 heavy (non-hydrogen) atoms. The van der Waals surface area contributed by atoms with Crippen LogP contribution >= 0.6 is 27.3 Å². The summed E-state index contributed by atoms with van der Waals surface area (Å²) < 4.78 is 1.22. The fourth-order valence-electron chi connectivity index (χ4n) is 3.00. The molecule has 3 heteroatoms. The van der Waals surface area contributed by atoms with Crippen molar-refractivity contribution in [3.05, 3.63) is 20.3 Å². The predicted molar refractivity (Wildman–Crippen MR) is 68.0 cm³/mol. The van der Waals surface area contributed by atoms with Crippen LogP contribution in [-0.4, -0.2) is 0 Å². The number of thiophene rings is 1. The van der Waals surface area contributed by atoms with E-state index in [4.69, 9.17) is 5.73 Å². The summed E-state index contributed by atoms with van der Waals surface area (Å²) in [5, 5.41) is 0. The second-order valence-corrected chi connectivity index (χ2v) is 7.22. The summed E-state index contributed by atoms with van der Waals surface area (Å²) in [6.07, 6.45) is 4.22. The zero-order valence-electron chi connectivity index (χ0n) is 8.87. The molecule has 0 saturated heterocycles. The molecule has 2 aliphatic rings. The summed E-state index contributed by atoms with van der Waals surface area (Å²) in [7, 11) is 0. The minimum absolute atomic E-state index is 0.269. The first kappa shape index (κ1) is 10.3. The van der Waals surface area contributed by atoms with Crippen LogP contribution in [0, 0.1) is 24.7 Å². The van der Waals surface area contributed by atoms with Crippen LogP contribution < -0.4 is 5.73 Å². The summed E-state index contributed by atoms with van der Waals surface area (Å²) in [5.74, 6) is 2.80. The van der Waals surface area contributed by atoms with Gasteiger partial charge in [-0.2, -0.15) is 0 Å². The van der Waals surface area contributed by atoms with Gasteiger partial charge in [0, 0.05) is 20.3 Å². The van der Waals surface area contributed by atoms with Gasteiger partial charge in [-0.1, -0.05) is 0 Å². The van der Waals surface area contributed by atoms with Crippen LogP contribution in [-0.2, 0) is 0 Å². The highest BCUT2D eigenvalue weighted by atomic mass is 79.9. The second-order valence-electron chi connectivity index (χ2n) is 5.08. The number of nitrogens with two attached hydrogens (primary N) is 1. The fourth-order valence-corrected chi connectivity index (χ4v) is 5.01. The Morgan fingerprint density at radius 2 is 2.07 bits per heavy atom. The number of rotatable bonds is 2. The Bertz CT molecular complexity index is 377. The Balaban J connectivity index is 1.78. The average Bonchev–Trinajstić information content (AvgIpc) is 2.65. The van der Waals surface area contributed by atoms with E-state index in [0.717, 1.165) is 17.8 Å². The molecule has 2 N–H and O–H groups in total. The monoisotopic (exact) mass is 285 g/mol. The van der Waals surface area contributed by atoms with Crippen molar-refractivity contribution in [1.82, 2.24) is 0 Å². The van der Waals surface area contributed by atoms with Crippen LogP contribution in [0.4, 0.5) is 0 Å². The first-order chi connectivity index (χ1) is 7.15. The Kier molecular flexibility index (Phi) is 2.45. The topological polar surface area (TPSA) is 26.0 Å². The van der Waals surface area contributed by atoms with E-state index in [1.807, 2.05) is 11.3 Å². The minimum Gasteiger partial charge on any atom is -0.323 e. The fraction of sp³-hybridized carbons (Fsp3) is 0.667. The summed E-state index contributed by atoms with van der Waals surface area (Å²) in [4.78, 5) is 2.72. The molecule has 2 saturated carbocycles. The number of hydrogen-bond acceptors (Lipinski definition) is 2. The Labute approximate surface area is 103 Å². The van der Waals surface area contributed by atoms with Gasteiger partial charge >= 0.3 is 0 Å². The highest BCUT2D eigenvalue weighted by Gasteiger charge is 2.47. The SMILES string of the molecule is Cc1cc(Br)c(C(N)C2CC3CC3C2)s1. The molecule has 2 aliphatic carbocycles. The molecular weight excluding hydrogens is 270 g/mol. The molecule has 0 amide bonds. The van der Waals surface area contributed by atoms with Gasteiger partial charge in [0.1, 0.15) is 0 Å². The van der Waals surface area contributed by atoms with Gasteiger partial charge in [0.25, 0.3) is 0 Å². The van der Waals surface area contributed by atoms with Gasteiger partial charge < -0.3 is 5.73 Å². The van der Waals surface area contributed by atoms with Gasteiger partial charge in [0.05, 0.1) is 0 Å². The van der Waals surface area contributed by atoms with E-state index in [2.05, 4.69) is 28.9 Å². The average molecular weight is 286 g/mol. The smallest absolute Gasteiger partial charge is 0.0430 e. The maximum Gasteiger partial charge on any atom is 0.0430 e. The van der Waals surface area contributed by atoms with E-state index >= 15 is 0 Å². The third-order valence-electron chi connectivity index (χ3n) is 3.93. The normalized spacial score (nSPS) is 35.3. The van der Waals surface area contributed by atoms with Crippen molar-refractivity contribution in [2.45, 2.75) is 32.2 Å². The molecule has 0 radical (unpaired) electrons. The second kappa shape index (κ2) is 3.57. The van der Waals surface area contributed by atoms with Gasteiger partial charge in [-0.25, -0.2) is 0 Å². The third-order valence-corrected chi connectivity index (χ3v) is 6.00. The molecule has 82 valence electrons. The molecule has 3 atom stereocenters. The van der Waals surface area contributed by atoms with Crippen molar-refractivity contribution in [3.8, 4) is 0 Å². The zero-order chi connectivity index (χ0) is 10.6. The summed E-state index contributed by atoms with van der Waals surface area (Å²) >= 11 is 5.48. The molecule has 0 aliphatic heterocycles. The van der Waals surface area contributed by atoms with Crippen LogP contribution in [0.25, 0.3) is 0 Å². The van der Waals surface area contributed by atoms with Crippen molar-refractivity contribution in [1.29, 1.82) is 0 Å². The van der Waals surface area contributed by atoms with Gasteiger partial charge in [-0.05, 0) is 65.9 Å². The Morgan fingerprint density at radius 3 is 2.60 bits per heavy atom. The molecule has 2 fully saturated rings. The van der Waals surface area contributed by atoms with Crippen molar-refractivity contribution in [2.24, 2.45) is 23.5 Å². The van der Waals surface area contributed by atoms with Crippen molar-refractivity contribution in [2.75, 3.05) is 0 Å². The van der Waals surface area contributed by atoms with E-state index in [1.165, 1.54) is 33.5 Å². The molecule has 1 aromatic rings. The lowest BCUT2D eigenvalue weighted by Gasteiger charge is -2.19. The quantitative estimate of drug-likeness (QED) is 0.877. The van der Waals surface area contributed by atoms with Gasteiger partial charge in [-0.3, -0.25) is 0 Å². The Hall–Kier alpha value is 0.140. The van der Waals surface area contributed by atoms with Crippen molar-refractivity contribution >= 4 is 27.3 Å². The van der Waals surface area contributed by atoms with Crippen LogP contribution in [0.3, 0.4) is 0 Å². The molecule has 3 rings (SSSR count). The molecule has 3 unspecified atom stereocenters. The lowest BCUT2D eigenvalue weighted by Crippen LogP contribution is -2.19. The number of fused-ring (bicyclic) bond motifs is 1. The molecule has 1 nitrogen and oxygen atoms in total. The van der Waals surface area contributed by atoms with Gasteiger partial charge in [0.2, 0.25) is 0 Å². The maximum absolute atomic E-state index is 6.38. The van der Waals surface area contributed by atoms with Crippen LogP contribution in [0.5, 0.6) is 0 Å². The van der Waals surface area contributed by atoms with E-state index in [1.54, 1.807) is 0 Å². The first-order valence-corrected chi connectivity index (χ1v) is 7.27. The lowest BCUT2D eigenvalue weighted by atomic mass is 9.94. The standard InChI is InChI=1S/C12H16BrNS/c1-6-2-10(13)12(15-6)11(14)9-4-7-3-8(7)5-9/h2,7-9,11H,3-5,14H2,1H3. The van der Waals surface area contributed by atoms with Crippen LogP contribution in [0.2, 0.25) is 0 Å². The summed E-state index contributed by atoms with van der Waals surface area (Å²) in [6, 6.07) is 2.46. The van der Waals surface area contributed by atoms with E-state index in [9.17, 15) is 0 Å². The minimum atomic E-state index is 0.269. The molecule has 1 aromatic heterocycles. The van der Waals surface area contributed by atoms with E-state index in [-0.39, 0.29) is 6.04 Å². The Morgan fingerprint density at radius 1 is 1.40 bits per heavy atom. The van der Waals surface area contributed by atoms with Crippen LogP contribution in [0.15, 0.2) is 10.5 Å². The molecule has 0 aromatic carbocycles. The van der Waals surface area contributed by atoms with Crippen molar-refractivity contribution < 1.29 is 0 Å². The van der Waals surface area contributed by atoms with Gasteiger partial charge in [-0.15, -0.1) is 11.3 Å².